The van der Waals surface area contributed by atoms with Crippen molar-refractivity contribution in [1.82, 2.24) is 5.32 Å². The van der Waals surface area contributed by atoms with Gasteiger partial charge in [0.1, 0.15) is 10.1 Å². The van der Waals surface area contributed by atoms with Crippen LogP contribution in [0.4, 0.5) is 5.69 Å². The fourth-order valence-electron chi connectivity index (χ4n) is 2.34. The van der Waals surface area contributed by atoms with Crippen LogP contribution in [0.5, 0.6) is 5.75 Å². The summed E-state index contributed by atoms with van der Waals surface area (Å²) in [7, 11) is 0. The molecule has 0 unspecified atom stereocenters. The molecule has 0 spiro atoms. The van der Waals surface area contributed by atoms with Gasteiger partial charge in [-0.25, -0.2) is 0 Å². The second-order valence-corrected chi connectivity index (χ2v) is 8.40. The van der Waals surface area contributed by atoms with E-state index in [2.05, 4.69) is 10.6 Å². The number of thioether (sulfide) groups is 1. The van der Waals surface area contributed by atoms with Crippen molar-refractivity contribution in [3.05, 3.63) is 62.5 Å². The minimum Gasteiger partial charge on any atom is -0.483 e. The van der Waals surface area contributed by atoms with Gasteiger partial charge in [-0.2, -0.15) is 0 Å². The Hall–Kier alpha value is -2.06. The third-order valence-electron chi connectivity index (χ3n) is 3.71. The maximum absolute atomic E-state index is 12.2. The maximum atomic E-state index is 12.2. The first kappa shape index (κ1) is 20.7. The number of anilines is 1. The highest BCUT2D eigenvalue weighted by atomic mass is 35.5. The van der Waals surface area contributed by atoms with E-state index in [4.69, 9.17) is 40.2 Å². The lowest BCUT2D eigenvalue weighted by Gasteiger charge is -2.11. The molecule has 1 fully saturated rings. The summed E-state index contributed by atoms with van der Waals surface area (Å²) in [6, 6.07) is 10.2. The zero-order valence-corrected chi connectivity index (χ0v) is 17.7. The van der Waals surface area contributed by atoms with Crippen LogP contribution >= 0.6 is 47.2 Å². The first-order chi connectivity index (χ1) is 13.3. The summed E-state index contributed by atoms with van der Waals surface area (Å²) in [4.78, 5) is 24.5. The van der Waals surface area contributed by atoms with Crippen LogP contribution in [0.1, 0.15) is 11.1 Å². The van der Waals surface area contributed by atoms with E-state index in [9.17, 15) is 9.59 Å². The van der Waals surface area contributed by atoms with E-state index in [1.807, 2.05) is 13.0 Å². The molecule has 2 aromatic carbocycles. The molecule has 144 valence electrons. The van der Waals surface area contributed by atoms with Crippen molar-refractivity contribution in [2.45, 2.75) is 6.92 Å². The Morgan fingerprint density at radius 1 is 1.29 bits per heavy atom. The largest absolute Gasteiger partial charge is 0.483 e. The molecule has 2 N–H and O–H groups in total. The molecule has 9 heteroatoms. The van der Waals surface area contributed by atoms with Gasteiger partial charge < -0.3 is 15.4 Å². The number of carbonyl (C=O) groups is 2. The molecule has 0 aliphatic carbocycles. The van der Waals surface area contributed by atoms with Crippen molar-refractivity contribution in [3.8, 4) is 5.75 Å². The van der Waals surface area contributed by atoms with Crippen LogP contribution in [0.3, 0.4) is 0 Å². The molecule has 1 aliphatic heterocycles. The highest BCUT2D eigenvalue weighted by Gasteiger charge is 2.22. The smallest absolute Gasteiger partial charge is 0.263 e. The predicted molar refractivity (Wildman–Crippen MR) is 118 cm³/mol. The predicted octanol–water partition coefficient (Wildman–Crippen LogP) is 4.81. The van der Waals surface area contributed by atoms with Crippen LogP contribution in [0, 0.1) is 6.92 Å². The van der Waals surface area contributed by atoms with Gasteiger partial charge in [-0.3, -0.25) is 9.59 Å². The Morgan fingerprint density at radius 3 is 2.75 bits per heavy atom. The number of benzene rings is 2. The van der Waals surface area contributed by atoms with Gasteiger partial charge in [-0.1, -0.05) is 53.2 Å². The van der Waals surface area contributed by atoms with Gasteiger partial charge in [0.05, 0.1) is 4.91 Å². The Balaban J connectivity index is 1.71. The molecule has 0 radical (unpaired) electrons. The quantitative estimate of drug-likeness (QED) is 0.503. The number of ether oxygens (including phenoxy) is 1. The average molecular weight is 453 g/mol. The molecule has 28 heavy (non-hydrogen) atoms. The molecule has 5 nitrogen and oxygen atoms in total. The summed E-state index contributed by atoms with van der Waals surface area (Å²) in [5.74, 6) is -0.210. The number of carbonyl (C=O) groups excluding carboxylic acids is 2. The van der Waals surface area contributed by atoms with Crippen LogP contribution in [-0.4, -0.2) is 22.7 Å². The number of hydrogen-bond acceptors (Lipinski definition) is 5. The normalized spacial score (nSPS) is 14.9. The number of thiocarbonyl (C=S) groups is 1. The van der Waals surface area contributed by atoms with E-state index in [1.54, 1.807) is 36.4 Å². The van der Waals surface area contributed by atoms with Crippen molar-refractivity contribution in [2.24, 2.45) is 0 Å². The number of nitrogens with one attached hydrogen (secondary N) is 2. The Labute approximate surface area is 181 Å². The summed E-state index contributed by atoms with van der Waals surface area (Å²) in [6.07, 6.45) is 1.62. The molecule has 0 aromatic heterocycles. The Bertz CT molecular complexity index is 1010. The molecular formula is C19H14Cl2N2O3S2. The number of halogens is 2. The van der Waals surface area contributed by atoms with Gasteiger partial charge in [0.25, 0.3) is 11.8 Å². The average Bonchev–Trinajstić information content (AvgIpc) is 2.94. The second-order valence-electron chi connectivity index (χ2n) is 5.84. The van der Waals surface area contributed by atoms with Crippen molar-refractivity contribution in [1.29, 1.82) is 0 Å². The minimum atomic E-state index is -0.345. The molecule has 2 amide bonds. The Morgan fingerprint density at radius 2 is 2.07 bits per heavy atom. The summed E-state index contributed by atoms with van der Waals surface area (Å²) < 4.78 is 6.02. The van der Waals surface area contributed by atoms with Crippen molar-refractivity contribution < 1.29 is 14.3 Å². The summed E-state index contributed by atoms with van der Waals surface area (Å²) in [5, 5.41) is 6.31. The Kier molecular flexibility index (Phi) is 6.61. The lowest BCUT2D eigenvalue weighted by atomic mass is 10.2. The third-order valence-corrected chi connectivity index (χ3v) is 5.52. The van der Waals surface area contributed by atoms with Crippen LogP contribution in [0.25, 0.3) is 6.08 Å². The maximum Gasteiger partial charge on any atom is 0.263 e. The fourth-order valence-corrected chi connectivity index (χ4v) is 3.73. The molecule has 3 rings (SSSR count). The number of hydrogen-bond donors (Lipinski definition) is 2. The minimum absolute atomic E-state index is 0.221. The van der Waals surface area contributed by atoms with E-state index in [-0.39, 0.29) is 18.4 Å². The molecular weight excluding hydrogens is 439 g/mol. The van der Waals surface area contributed by atoms with E-state index in [0.717, 1.165) is 17.3 Å². The summed E-state index contributed by atoms with van der Waals surface area (Å²) in [5.41, 5.74) is 2.07. The van der Waals surface area contributed by atoms with Gasteiger partial charge in [0, 0.05) is 21.3 Å². The second kappa shape index (κ2) is 8.96. The van der Waals surface area contributed by atoms with Gasteiger partial charge in [-0.15, -0.1) is 0 Å². The first-order valence-electron chi connectivity index (χ1n) is 8.05. The van der Waals surface area contributed by atoms with Gasteiger partial charge in [0.2, 0.25) is 0 Å². The highest BCUT2D eigenvalue weighted by Crippen LogP contribution is 2.31. The molecule has 1 aliphatic rings. The summed E-state index contributed by atoms with van der Waals surface area (Å²) in [6.45, 7) is 1.66. The number of amides is 2. The van der Waals surface area contributed by atoms with Gasteiger partial charge in [0.15, 0.2) is 6.61 Å². The van der Waals surface area contributed by atoms with Crippen molar-refractivity contribution in [2.75, 3.05) is 11.9 Å². The molecule has 2 aromatic rings. The van der Waals surface area contributed by atoms with Crippen molar-refractivity contribution in [3.63, 3.8) is 0 Å². The van der Waals surface area contributed by atoms with Crippen LogP contribution in [0.2, 0.25) is 10.0 Å². The van der Waals surface area contributed by atoms with Gasteiger partial charge >= 0.3 is 0 Å². The first-order valence-corrected chi connectivity index (χ1v) is 10.0. The topological polar surface area (TPSA) is 67.4 Å². The monoisotopic (exact) mass is 452 g/mol. The van der Waals surface area contributed by atoms with Crippen LogP contribution in [-0.2, 0) is 9.59 Å². The lowest BCUT2D eigenvalue weighted by molar-refractivity contribution is -0.118. The van der Waals surface area contributed by atoms with E-state index >= 15 is 0 Å². The zero-order chi connectivity index (χ0) is 20.3. The van der Waals surface area contributed by atoms with Crippen LogP contribution in [0.15, 0.2) is 41.3 Å². The fraction of sp³-hybridized carbons (Fsp3) is 0.105. The molecule has 1 saturated heterocycles. The van der Waals surface area contributed by atoms with E-state index < -0.39 is 0 Å². The SMILES string of the molecule is Cc1ccc(NC(=O)COc2ccc(Cl)cc2/C=C2\SC(=S)NC2=O)cc1Cl. The number of rotatable bonds is 5. The van der Waals surface area contributed by atoms with Crippen LogP contribution < -0.4 is 15.4 Å². The molecule has 0 saturated carbocycles. The lowest BCUT2D eigenvalue weighted by Crippen LogP contribution is -2.20. The van der Waals surface area contributed by atoms with E-state index in [1.165, 1.54) is 0 Å². The molecule has 0 atom stereocenters. The third kappa shape index (κ3) is 5.26. The zero-order valence-electron chi connectivity index (χ0n) is 14.5. The molecule has 0 bridgehead atoms. The van der Waals surface area contributed by atoms with Crippen molar-refractivity contribution >= 4 is 75.1 Å². The van der Waals surface area contributed by atoms with E-state index in [0.29, 0.717) is 36.3 Å². The number of aryl methyl sites for hydroxylation is 1. The van der Waals surface area contributed by atoms with Gasteiger partial charge in [-0.05, 0) is 48.9 Å². The summed E-state index contributed by atoms with van der Waals surface area (Å²) >= 11 is 18.3. The highest BCUT2D eigenvalue weighted by molar-refractivity contribution is 8.26. The standard InChI is InChI=1S/C19H14Cl2N2O3S2/c1-10-2-4-13(8-14(10)21)22-17(24)9-26-15-5-3-12(20)6-11(15)7-16-18(25)23-19(27)28-16/h2-8H,9H2,1H3,(H,22,24)(H,23,25,27)/b16-7-. The molecule has 1 heterocycles.